The molecule has 1 saturated heterocycles. The Morgan fingerprint density at radius 2 is 1.95 bits per heavy atom. The first-order valence-electron chi connectivity index (χ1n) is 15.0. The zero-order valence-electron chi connectivity index (χ0n) is 24.7. The van der Waals surface area contributed by atoms with Gasteiger partial charge in [-0.05, 0) is 44.4 Å². The molecule has 0 spiro atoms. The van der Waals surface area contributed by atoms with Crippen LogP contribution in [-0.4, -0.2) is 88.8 Å². The lowest BCUT2D eigenvalue weighted by molar-refractivity contribution is -0.130. The number of aromatic nitrogens is 3. The van der Waals surface area contributed by atoms with Gasteiger partial charge in [0.05, 0.1) is 31.4 Å². The summed E-state index contributed by atoms with van der Waals surface area (Å²) in [6.07, 6.45) is 2.16. The lowest BCUT2D eigenvalue weighted by Crippen LogP contribution is -2.42. The van der Waals surface area contributed by atoms with Crippen molar-refractivity contribution in [1.29, 1.82) is 0 Å². The normalized spacial score (nSPS) is 20.9. The molecular weight excluding hydrogens is 552 g/mol. The van der Waals surface area contributed by atoms with Crippen LogP contribution in [0.1, 0.15) is 63.1 Å². The standard InChI is InChI=1S/C31H38N6O6/c1-19-23(20(2)43-35-19)7-8-28(38)37-16-24-21-5-3-6-22(15-21)42-13-4-11-36(12-10-32-30(39)25(24)17-37)31(40)29-26-18-41-14-9-27(26)33-34-29/h3,5-6,15,24-25H,4,7-14,16-18H2,1-2H3,(H,32,39)(H,33,34)/t24-,25+/m1/s1. The van der Waals surface area contributed by atoms with Crippen molar-refractivity contribution in [1.82, 2.24) is 30.5 Å². The van der Waals surface area contributed by atoms with Gasteiger partial charge >= 0.3 is 0 Å². The molecule has 5 heterocycles. The van der Waals surface area contributed by atoms with Gasteiger partial charge in [-0.25, -0.2) is 0 Å². The summed E-state index contributed by atoms with van der Waals surface area (Å²) in [5.74, 6) is 0.488. The van der Waals surface area contributed by atoms with Crippen LogP contribution in [-0.2, 0) is 33.8 Å². The predicted octanol–water partition coefficient (Wildman–Crippen LogP) is 2.30. The maximum atomic E-state index is 13.6. The Morgan fingerprint density at radius 3 is 2.79 bits per heavy atom. The molecule has 43 heavy (non-hydrogen) atoms. The van der Waals surface area contributed by atoms with Gasteiger partial charge in [-0.15, -0.1) is 0 Å². The van der Waals surface area contributed by atoms with E-state index in [0.29, 0.717) is 83.1 Å². The van der Waals surface area contributed by atoms with E-state index in [0.717, 1.165) is 33.8 Å². The van der Waals surface area contributed by atoms with Crippen molar-refractivity contribution in [3.8, 4) is 5.75 Å². The number of hydrogen-bond acceptors (Lipinski definition) is 8. The van der Waals surface area contributed by atoms with Crippen molar-refractivity contribution in [2.75, 3.05) is 45.9 Å². The third-order valence-electron chi connectivity index (χ3n) is 8.77. The molecule has 1 aromatic carbocycles. The number of rotatable bonds is 4. The summed E-state index contributed by atoms with van der Waals surface area (Å²) in [6.45, 7) is 6.95. The second-order valence-electron chi connectivity index (χ2n) is 11.5. The largest absolute Gasteiger partial charge is 0.494 e. The topological polar surface area (TPSA) is 143 Å². The maximum Gasteiger partial charge on any atom is 0.274 e. The Bertz CT molecular complexity index is 1480. The Balaban J connectivity index is 1.18. The van der Waals surface area contributed by atoms with E-state index in [1.54, 1.807) is 9.80 Å². The van der Waals surface area contributed by atoms with E-state index >= 15 is 0 Å². The van der Waals surface area contributed by atoms with Crippen LogP contribution in [0.4, 0.5) is 0 Å². The molecule has 0 saturated carbocycles. The number of carbonyl (C=O) groups excluding carboxylic acids is 3. The van der Waals surface area contributed by atoms with Crippen molar-refractivity contribution in [2.45, 2.75) is 52.1 Å². The van der Waals surface area contributed by atoms with E-state index in [4.69, 9.17) is 14.0 Å². The highest BCUT2D eigenvalue weighted by atomic mass is 16.5. The molecule has 0 aliphatic carbocycles. The molecule has 12 heteroatoms. The molecule has 1 fully saturated rings. The Kier molecular flexibility index (Phi) is 8.46. The minimum atomic E-state index is -0.430. The van der Waals surface area contributed by atoms with E-state index in [9.17, 15) is 14.4 Å². The van der Waals surface area contributed by atoms with Gasteiger partial charge in [0.25, 0.3) is 5.91 Å². The number of benzene rings is 1. The van der Waals surface area contributed by atoms with Crippen LogP contribution in [0.25, 0.3) is 0 Å². The third kappa shape index (κ3) is 6.15. The summed E-state index contributed by atoms with van der Waals surface area (Å²) >= 11 is 0. The summed E-state index contributed by atoms with van der Waals surface area (Å²) in [6, 6.07) is 7.78. The summed E-state index contributed by atoms with van der Waals surface area (Å²) in [5, 5.41) is 14.4. The number of amides is 3. The number of nitrogens with zero attached hydrogens (tertiary/aromatic N) is 4. The average Bonchev–Trinajstić information content (AvgIpc) is 3.74. The van der Waals surface area contributed by atoms with Crippen LogP contribution in [0, 0.1) is 19.8 Å². The van der Waals surface area contributed by atoms with Gasteiger partial charge in [-0.3, -0.25) is 19.5 Å². The molecule has 3 aliphatic heterocycles. The van der Waals surface area contributed by atoms with Gasteiger partial charge in [-0.2, -0.15) is 5.10 Å². The van der Waals surface area contributed by atoms with Gasteiger partial charge in [0, 0.05) is 68.3 Å². The fourth-order valence-electron chi connectivity index (χ4n) is 6.34. The summed E-state index contributed by atoms with van der Waals surface area (Å²) in [4.78, 5) is 44.0. The molecule has 2 N–H and O–H groups in total. The molecule has 3 amide bonds. The van der Waals surface area contributed by atoms with E-state index in [1.165, 1.54) is 0 Å². The molecule has 0 radical (unpaired) electrons. The number of fused-ring (bicyclic) bond motifs is 5. The van der Waals surface area contributed by atoms with Crippen LogP contribution in [0.15, 0.2) is 28.8 Å². The number of nitrogens with one attached hydrogen (secondary N) is 2. The number of H-pyrrole nitrogens is 1. The number of aryl methyl sites for hydroxylation is 2. The Labute approximate surface area is 250 Å². The summed E-state index contributed by atoms with van der Waals surface area (Å²) in [7, 11) is 0. The van der Waals surface area contributed by atoms with Crippen molar-refractivity contribution >= 4 is 17.7 Å². The third-order valence-corrected chi connectivity index (χ3v) is 8.77. The van der Waals surface area contributed by atoms with E-state index in [1.807, 2.05) is 38.1 Å². The van der Waals surface area contributed by atoms with Crippen molar-refractivity contribution < 1.29 is 28.4 Å². The minimum absolute atomic E-state index is 0.00583. The number of aromatic amines is 1. The molecule has 12 nitrogen and oxygen atoms in total. The first kappa shape index (κ1) is 28.9. The van der Waals surface area contributed by atoms with Crippen LogP contribution >= 0.6 is 0 Å². The van der Waals surface area contributed by atoms with Gasteiger partial charge in [-0.1, -0.05) is 17.3 Å². The average molecular weight is 591 g/mol. The second kappa shape index (κ2) is 12.6. The highest BCUT2D eigenvalue weighted by Crippen LogP contribution is 2.35. The van der Waals surface area contributed by atoms with E-state index in [-0.39, 0.29) is 30.2 Å². The van der Waals surface area contributed by atoms with Crippen molar-refractivity contribution in [3.05, 3.63) is 63.8 Å². The Morgan fingerprint density at radius 1 is 1.09 bits per heavy atom. The quantitative estimate of drug-likeness (QED) is 0.471. The first-order valence-corrected chi connectivity index (χ1v) is 15.0. The fourth-order valence-corrected chi connectivity index (χ4v) is 6.34. The van der Waals surface area contributed by atoms with Crippen LogP contribution in [0.2, 0.25) is 0 Å². The molecule has 3 aliphatic rings. The second-order valence-corrected chi connectivity index (χ2v) is 11.5. The zero-order chi connectivity index (χ0) is 29.9. The number of hydrogen-bond donors (Lipinski definition) is 2. The molecule has 0 unspecified atom stereocenters. The fraction of sp³-hybridized carbons (Fsp3) is 0.516. The molecular formula is C31H38N6O6. The minimum Gasteiger partial charge on any atom is -0.494 e. The van der Waals surface area contributed by atoms with Crippen molar-refractivity contribution in [3.63, 3.8) is 0 Å². The highest BCUT2D eigenvalue weighted by molar-refractivity contribution is 5.94. The number of carbonyl (C=O) groups is 3. The predicted molar refractivity (Wildman–Crippen MR) is 155 cm³/mol. The van der Waals surface area contributed by atoms with Crippen molar-refractivity contribution in [2.24, 2.45) is 5.92 Å². The van der Waals surface area contributed by atoms with Gasteiger partial charge in [0.2, 0.25) is 11.8 Å². The van der Waals surface area contributed by atoms with Crippen LogP contribution in [0.3, 0.4) is 0 Å². The Hall–Kier alpha value is -4.19. The highest BCUT2D eigenvalue weighted by Gasteiger charge is 2.40. The van der Waals surface area contributed by atoms with Gasteiger partial charge in [0.1, 0.15) is 11.5 Å². The summed E-state index contributed by atoms with van der Waals surface area (Å²) < 4.78 is 16.9. The van der Waals surface area contributed by atoms with E-state index in [2.05, 4.69) is 20.7 Å². The molecule has 2 atom stereocenters. The van der Waals surface area contributed by atoms with Gasteiger partial charge in [0.15, 0.2) is 5.69 Å². The summed E-state index contributed by atoms with van der Waals surface area (Å²) in [5.41, 5.74) is 4.84. The maximum absolute atomic E-state index is 13.6. The smallest absolute Gasteiger partial charge is 0.274 e. The van der Waals surface area contributed by atoms with Crippen LogP contribution < -0.4 is 10.1 Å². The lowest BCUT2D eigenvalue weighted by Gasteiger charge is -2.25. The molecule has 3 aromatic rings. The molecule has 2 aromatic heterocycles. The molecule has 6 rings (SSSR count). The number of likely N-dealkylation sites (tertiary alicyclic amines) is 1. The first-order chi connectivity index (χ1) is 20.9. The molecule has 2 bridgehead atoms. The SMILES string of the molecule is Cc1noc(C)c1CCC(=O)N1C[C@@H]2C(=O)NCCN(C(=O)c3n[nH]c4c3COCC4)CCCOc3cccc(c3)[C@H]2C1. The lowest BCUT2D eigenvalue weighted by atomic mass is 9.88. The van der Waals surface area contributed by atoms with Crippen LogP contribution in [0.5, 0.6) is 5.75 Å². The zero-order valence-corrected chi connectivity index (χ0v) is 24.7. The molecule has 228 valence electrons. The van der Waals surface area contributed by atoms with Gasteiger partial charge < -0.3 is 29.1 Å². The van der Waals surface area contributed by atoms with E-state index < -0.39 is 5.92 Å². The number of ether oxygens (including phenoxy) is 2. The monoisotopic (exact) mass is 590 g/mol.